The van der Waals surface area contributed by atoms with Crippen LogP contribution in [0.3, 0.4) is 0 Å². The Labute approximate surface area is 189 Å². The van der Waals surface area contributed by atoms with Gasteiger partial charge in [0.2, 0.25) is 5.91 Å². The number of anilines is 1. The summed E-state index contributed by atoms with van der Waals surface area (Å²) >= 11 is 1.26. The fourth-order valence-electron chi connectivity index (χ4n) is 3.79. The molecule has 0 unspecified atom stereocenters. The second-order valence-electron chi connectivity index (χ2n) is 7.46. The Morgan fingerprint density at radius 2 is 1.84 bits per heavy atom. The minimum absolute atomic E-state index is 0.204. The van der Waals surface area contributed by atoms with Crippen molar-refractivity contribution in [2.45, 2.75) is 19.4 Å². The highest BCUT2D eigenvalue weighted by molar-refractivity contribution is 7.92. The number of benzene rings is 2. The van der Waals surface area contributed by atoms with E-state index >= 15 is 0 Å². The molecular weight excluding hydrogens is 446 g/mol. The molecule has 2 aromatic carbocycles. The number of terminal acetylenes is 1. The summed E-state index contributed by atoms with van der Waals surface area (Å²) < 4.78 is 27.8. The van der Waals surface area contributed by atoms with Crippen LogP contribution in [0, 0.1) is 12.3 Å². The van der Waals surface area contributed by atoms with E-state index in [2.05, 4.69) is 10.9 Å². The molecule has 2 amide bonds. The van der Waals surface area contributed by atoms with Crippen LogP contribution in [-0.2, 0) is 32.4 Å². The first-order valence-corrected chi connectivity index (χ1v) is 12.7. The number of aromatic nitrogens is 1. The molecule has 7 nitrogen and oxygen atoms in total. The van der Waals surface area contributed by atoms with Crippen LogP contribution in [0.15, 0.2) is 53.5 Å². The fourth-order valence-corrected chi connectivity index (χ4v) is 5.91. The fraction of sp³-hybridized carbons (Fsp3) is 0.261. The molecule has 4 rings (SSSR count). The number of para-hydroxylation sites is 2. The monoisotopic (exact) mass is 467 g/mol. The largest absolute Gasteiger partial charge is 0.311 e. The SMILES string of the molecule is C#CCn1c(=NC(=O)CS(=O)(=O)CC(=O)N2CCCc3ccccc32)sc2ccccc21. The molecule has 164 valence electrons. The van der Waals surface area contributed by atoms with E-state index in [9.17, 15) is 18.0 Å². The predicted octanol–water partition coefficient (Wildman–Crippen LogP) is 2.16. The maximum Gasteiger partial charge on any atom is 0.263 e. The van der Waals surface area contributed by atoms with Gasteiger partial charge >= 0.3 is 0 Å². The normalized spacial score (nSPS) is 14.2. The lowest BCUT2D eigenvalue weighted by atomic mass is 10.0. The molecule has 0 radical (unpaired) electrons. The Morgan fingerprint density at radius 3 is 2.66 bits per heavy atom. The zero-order valence-electron chi connectivity index (χ0n) is 17.2. The molecule has 0 bridgehead atoms. The van der Waals surface area contributed by atoms with Crippen molar-refractivity contribution in [3.05, 3.63) is 58.9 Å². The van der Waals surface area contributed by atoms with Crippen molar-refractivity contribution in [2.75, 3.05) is 23.0 Å². The molecule has 32 heavy (non-hydrogen) atoms. The standard InChI is InChI=1S/C23H21N3O4S2/c1-2-13-26-19-11-5-6-12-20(19)31-23(26)24-21(27)15-32(29,30)16-22(28)25-14-7-9-17-8-3-4-10-18(17)25/h1,3-6,8,10-12H,7,9,13-16H2. The highest BCUT2D eigenvalue weighted by Gasteiger charge is 2.28. The zero-order valence-corrected chi connectivity index (χ0v) is 18.9. The number of carbonyl (C=O) groups excluding carboxylic acids is 2. The molecule has 0 atom stereocenters. The molecule has 1 aromatic heterocycles. The number of hydrogen-bond donors (Lipinski definition) is 0. The highest BCUT2D eigenvalue weighted by Crippen LogP contribution is 2.27. The molecule has 0 fully saturated rings. The van der Waals surface area contributed by atoms with Crippen molar-refractivity contribution in [1.29, 1.82) is 0 Å². The van der Waals surface area contributed by atoms with Crippen molar-refractivity contribution in [3.8, 4) is 12.3 Å². The van der Waals surface area contributed by atoms with E-state index in [1.165, 1.54) is 16.2 Å². The Kier molecular flexibility index (Phi) is 6.26. The van der Waals surface area contributed by atoms with Crippen molar-refractivity contribution >= 4 is 48.9 Å². The summed E-state index contributed by atoms with van der Waals surface area (Å²) in [6, 6.07) is 14.9. The van der Waals surface area contributed by atoms with Gasteiger partial charge in [-0.1, -0.05) is 47.6 Å². The number of fused-ring (bicyclic) bond motifs is 2. The molecule has 1 aliphatic rings. The number of thiazole rings is 1. The summed E-state index contributed by atoms with van der Waals surface area (Å²) in [7, 11) is -3.99. The highest BCUT2D eigenvalue weighted by atomic mass is 32.2. The van der Waals surface area contributed by atoms with Gasteiger partial charge < -0.3 is 9.47 Å². The molecule has 1 aliphatic heterocycles. The molecule has 0 saturated carbocycles. The Bertz CT molecular complexity index is 1410. The molecule has 0 spiro atoms. The van der Waals surface area contributed by atoms with Crippen LogP contribution < -0.4 is 9.70 Å². The van der Waals surface area contributed by atoms with Gasteiger partial charge in [0.15, 0.2) is 14.6 Å². The summed E-state index contributed by atoms with van der Waals surface area (Å²) in [4.78, 5) is 31.1. The third-order valence-corrected chi connectivity index (χ3v) is 7.59. The Hall–Kier alpha value is -3.22. The quantitative estimate of drug-likeness (QED) is 0.538. The summed E-state index contributed by atoms with van der Waals surface area (Å²) in [6.07, 6.45) is 7.05. The topological polar surface area (TPSA) is 88.8 Å². The summed E-state index contributed by atoms with van der Waals surface area (Å²) in [6.45, 7) is 0.660. The number of rotatable bonds is 5. The third-order valence-electron chi connectivity index (χ3n) is 5.16. The van der Waals surface area contributed by atoms with Gasteiger partial charge in [0.25, 0.3) is 5.91 Å². The number of amides is 2. The minimum Gasteiger partial charge on any atom is -0.311 e. The van der Waals surface area contributed by atoms with E-state index in [0.717, 1.165) is 34.3 Å². The average molecular weight is 468 g/mol. The number of carbonyl (C=O) groups is 2. The molecule has 2 heterocycles. The maximum absolute atomic E-state index is 12.8. The lowest BCUT2D eigenvalue weighted by Gasteiger charge is -2.29. The predicted molar refractivity (Wildman–Crippen MR) is 125 cm³/mol. The smallest absolute Gasteiger partial charge is 0.263 e. The van der Waals surface area contributed by atoms with Crippen molar-refractivity contribution in [2.24, 2.45) is 4.99 Å². The van der Waals surface area contributed by atoms with Crippen LogP contribution in [0.1, 0.15) is 12.0 Å². The second kappa shape index (κ2) is 9.10. The van der Waals surface area contributed by atoms with Gasteiger partial charge in [0, 0.05) is 12.2 Å². The van der Waals surface area contributed by atoms with Crippen LogP contribution in [0.5, 0.6) is 0 Å². The second-order valence-corrected chi connectivity index (χ2v) is 10.5. The van der Waals surface area contributed by atoms with Gasteiger partial charge in [0.05, 0.1) is 16.8 Å². The first-order chi connectivity index (χ1) is 15.4. The van der Waals surface area contributed by atoms with Crippen LogP contribution in [0.4, 0.5) is 5.69 Å². The van der Waals surface area contributed by atoms with Crippen LogP contribution >= 0.6 is 11.3 Å². The maximum atomic E-state index is 12.8. The summed E-state index contributed by atoms with van der Waals surface area (Å²) in [5, 5.41) is 0. The lowest BCUT2D eigenvalue weighted by Crippen LogP contribution is -2.40. The van der Waals surface area contributed by atoms with Crippen molar-refractivity contribution in [3.63, 3.8) is 0 Å². The molecule has 9 heteroatoms. The van der Waals surface area contributed by atoms with Gasteiger partial charge in [-0.3, -0.25) is 9.59 Å². The van der Waals surface area contributed by atoms with E-state index in [0.29, 0.717) is 11.3 Å². The van der Waals surface area contributed by atoms with E-state index in [4.69, 9.17) is 6.42 Å². The van der Waals surface area contributed by atoms with Gasteiger partial charge in [-0.05, 0) is 36.6 Å². The average Bonchev–Trinajstić information content (AvgIpc) is 3.09. The lowest BCUT2D eigenvalue weighted by molar-refractivity contribution is -0.116. The summed E-state index contributed by atoms with van der Waals surface area (Å²) in [5.41, 5.74) is 2.57. The van der Waals surface area contributed by atoms with E-state index in [1.54, 1.807) is 4.57 Å². The number of nitrogens with zero attached hydrogens (tertiary/aromatic N) is 3. The van der Waals surface area contributed by atoms with Gasteiger partial charge in [-0.25, -0.2) is 8.42 Å². The zero-order chi connectivity index (χ0) is 22.7. The van der Waals surface area contributed by atoms with Crippen molar-refractivity contribution in [1.82, 2.24) is 4.57 Å². The first kappa shape index (κ1) is 22.0. The molecule has 3 aromatic rings. The van der Waals surface area contributed by atoms with Gasteiger partial charge in [-0.15, -0.1) is 6.42 Å². The summed E-state index contributed by atoms with van der Waals surface area (Å²) in [5.74, 6) is -0.405. The van der Waals surface area contributed by atoms with E-state index < -0.39 is 33.2 Å². The van der Waals surface area contributed by atoms with E-state index in [-0.39, 0.29) is 6.54 Å². The minimum atomic E-state index is -3.99. The van der Waals surface area contributed by atoms with Gasteiger partial charge in [0.1, 0.15) is 11.5 Å². The molecule has 0 N–H and O–H groups in total. The van der Waals surface area contributed by atoms with Crippen molar-refractivity contribution < 1.29 is 18.0 Å². The molecular formula is C23H21N3O4S2. The van der Waals surface area contributed by atoms with Crippen LogP contribution in [0.25, 0.3) is 10.2 Å². The first-order valence-electron chi connectivity index (χ1n) is 10.1. The number of hydrogen-bond acceptors (Lipinski definition) is 5. The molecule has 0 aliphatic carbocycles. The number of sulfone groups is 1. The Balaban J connectivity index is 1.53. The van der Waals surface area contributed by atoms with Gasteiger partial charge in [-0.2, -0.15) is 4.99 Å². The van der Waals surface area contributed by atoms with Crippen LogP contribution in [-0.4, -0.2) is 42.8 Å². The molecule has 0 saturated heterocycles. The van der Waals surface area contributed by atoms with Crippen LogP contribution in [0.2, 0.25) is 0 Å². The number of aryl methyl sites for hydroxylation is 1. The Morgan fingerprint density at radius 1 is 1.09 bits per heavy atom. The van der Waals surface area contributed by atoms with E-state index in [1.807, 2.05) is 48.5 Å². The third kappa shape index (κ3) is 4.66.